The number of nitrogens with zero attached hydrogens (tertiary/aromatic N) is 5. The molecule has 0 spiro atoms. The van der Waals surface area contributed by atoms with Crippen molar-refractivity contribution in [2.45, 2.75) is 33.2 Å². The Balaban J connectivity index is 1.60. The first-order valence-corrected chi connectivity index (χ1v) is 10.6. The molecule has 1 N–H and O–H groups in total. The second kappa shape index (κ2) is 9.38. The lowest BCUT2D eigenvalue weighted by molar-refractivity contribution is -0.119. The number of aryl methyl sites for hydroxylation is 1. The number of esters is 1. The number of halogens is 2. The summed E-state index contributed by atoms with van der Waals surface area (Å²) in [5.41, 5.74) is 2.55. The van der Waals surface area contributed by atoms with E-state index in [1.165, 1.54) is 21.5 Å². The molecular weight excluding hydrogens is 446 g/mol. The number of nitrogens with one attached hydrogen (secondary N) is 1. The van der Waals surface area contributed by atoms with E-state index in [2.05, 4.69) is 20.5 Å². The van der Waals surface area contributed by atoms with Crippen molar-refractivity contribution in [2.24, 2.45) is 0 Å². The monoisotopic (exact) mass is 468 g/mol. The Labute approximate surface area is 193 Å². The van der Waals surface area contributed by atoms with E-state index in [1.807, 2.05) is 6.07 Å². The minimum Gasteiger partial charge on any atom is -0.462 e. The first-order valence-electron chi connectivity index (χ1n) is 10.6. The van der Waals surface area contributed by atoms with Gasteiger partial charge in [-0.3, -0.25) is 9.48 Å². The molecule has 1 aromatic carbocycles. The molecule has 4 rings (SSSR count). The van der Waals surface area contributed by atoms with Gasteiger partial charge in [0.25, 0.3) is 6.43 Å². The summed E-state index contributed by atoms with van der Waals surface area (Å²) in [6.45, 7) is 5.15. The molecule has 0 aliphatic carbocycles. The Morgan fingerprint density at radius 2 is 2.00 bits per heavy atom. The Hall–Kier alpha value is -4.15. The standard InChI is InChI=1S/C23H22F2N6O3/c1-4-34-23(33)17-12-27-31-19(8-9-26-21(17)31)15-6-5-7-16(11-15)28-22(32)14(3)30-13(2)10-18(29-30)20(24)25/h5-12,14,20H,4H2,1-3H3,(H,28,32). The van der Waals surface area contributed by atoms with Crippen LogP contribution in [-0.4, -0.2) is 42.9 Å². The lowest BCUT2D eigenvalue weighted by Gasteiger charge is -2.15. The predicted octanol–water partition coefficient (Wildman–Crippen LogP) is 4.22. The average molecular weight is 468 g/mol. The van der Waals surface area contributed by atoms with Gasteiger partial charge in [0, 0.05) is 23.1 Å². The van der Waals surface area contributed by atoms with Gasteiger partial charge in [0.15, 0.2) is 5.65 Å². The molecule has 0 bridgehead atoms. The van der Waals surface area contributed by atoms with Crippen molar-refractivity contribution < 1.29 is 23.1 Å². The fourth-order valence-electron chi connectivity index (χ4n) is 3.59. The second-order valence-electron chi connectivity index (χ2n) is 7.55. The summed E-state index contributed by atoms with van der Waals surface area (Å²) in [5.74, 6) is -0.922. The van der Waals surface area contributed by atoms with Gasteiger partial charge in [-0.05, 0) is 45.0 Å². The predicted molar refractivity (Wildman–Crippen MR) is 120 cm³/mol. The maximum atomic E-state index is 13.0. The van der Waals surface area contributed by atoms with Crippen LogP contribution >= 0.6 is 0 Å². The van der Waals surface area contributed by atoms with Crippen LogP contribution in [0.2, 0.25) is 0 Å². The van der Waals surface area contributed by atoms with E-state index in [0.717, 1.165) is 0 Å². The molecular formula is C23H22F2N6O3. The van der Waals surface area contributed by atoms with Gasteiger partial charge in [0.05, 0.1) is 18.5 Å². The van der Waals surface area contributed by atoms with Crippen molar-refractivity contribution in [3.05, 3.63) is 65.7 Å². The van der Waals surface area contributed by atoms with E-state index in [4.69, 9.17) is 4.74 Å². The number of benzene rings is 1. The molecule has 0 fully saturated rings. The normalized spacial score (nSPS) is 12.2. The smallest absolute Gasteiger partial charge is 0.343 e. The number of aromatic nitrogens is 5. The highest BCUT2D eigenvalue weighted by Crippen LogP contribution is 2.25. The molecule has 0 saturated heterocycles. The molecule has 9 nitrogen and oxygen atoms in total. The second-order valence-corrected chi connectivity index (χ2v) is 7.55. The SMILES string of the molecule is CCOC(=O)c1cnn2c(-c3cccc(NC(=O)C(C)n4nc(C(F)F)cc4C)c3)ccnc12. The van der Waals surface area contributed by atoms with E-state index in [-0.39, 0.29) is 17.9 Å². The molecule has 3 heterocycles. The molecule has 0 radical (unpaired) electrons. The molecule has 1 amide bonds. The number of anilines is 1. The number of carbonyl (C=O) groups is 2. The third-order valence-electron chi connectivity index (χ3n) is 5.23. The third kappa shape index (κ3) is 4.36. The molecule has 1 unspecified atom stereocenters. The molecule has 34 heavy (non-hydrogen) atoms. The highest BCUT2D eigenvalue weighted by atomic mass is 19.3. The van der Waals surface area contributed by atoms with Crippen LogP contribution in [0.15, 0.2) is 48.8 Å². The zero-order valence-corrected chi connectivity index (χ0v) is 18.7. The van der Waals surface area contributed by atoms with Crippen LogP contribution < -0.4 is 5.32 Å². The molecule has 4 aromatic rings. The van der Waals surface area contributed by atoms with Gasteiger partial charge in [-0.1, -0.05) is 12.1 Å². The van der Waals surface area contributed by atoms with Crippen LogP contribution in [0.4, 0.5) is 14.5 Å². The van der Waals surface area contributed by atoms with Gasteiger partial charge in [-0.25, -0.2) is 23.1 Å². The van der Waals surface area contributed by atoms with Crippen LogP contribution in [-0.2, 0) is 9.53 Å². The third-order valence-corrected chi connectivity index (χ3v) is 5.23. The maximum absolute atomic E-state index is 13.0. The summed E-state index contributed by atoms with van der Waals surface area (Å²) in [5, 5.41) is 10.9. The molecule has 11 heteroatoms. The number of hydrogen-bond acceptors (Lipinski definition) is 6. The molecule has 176 valence electrons. The van der Waals surface area contributed by atoms with Crippen LogP contribution in [0.3, 0.4) is 0 Å². The first-order chi connectivity index (χ1) is 16.3. The first kappa shape index (κ1) is 23.0. The molecule has 3 aromatic heterocycles. The number of alkyl halides is 2. The lowest BCUT2D eigenvalue weighted by Crippen LogP contribution is -2.25. The van der Waals surface area contributed by atoms with Crippen molar-refractivity contribution in [3.63, 3.8) is 0 Å². The largest absolute Gasteiger partial charge is 0.462 e. The van der Waals surface area contributed by atoms with Crippen molar-refractivity contribution in [1.29, 1.82) is 0 Å². The Bertz CT molecular complexity index is 1360. The van der Waals surface area contributed by atoms with Crippen molar-refractivity contribution in [3.8, 4) is 11.3 Å². The minimum atomic E-state index is -2.71. The highest BCUT2D eigenvalue weighted by Gasteiger charge is 2.22. The van der Waals surface area contributed by atoms with Crippen molar-refractivity contribution >= 4 is 23.2 Å². The summed E-state index contributed by atoms with van der Waals surface area (Å²) in [4.78, 5) is 29.2. The van der Waals surface area contributed by atoms with Gasteiger partial charge in [0.1, 0.15) is 17.3 Å². The number of hydrogen-bond donors (Lipinski definition) is 1. The highest BCUT2D eigenvalue weighted by molar-refractivity contribution is 5.96. The van der Waals surface area contributed by atoms with Gasteiger partial charge >= 0.3 is 5.97 Å². The fourth-order valence-corrected chi connectivity index (χ4v) is 3.59. The van der Waals surface area contributed by atoms with E-state index in [1.54, 1.807) is 51.2 Å². The molecule has 0 saturated carbocycles. The number of rotatable bonds is 7. The Kier molecular flexibility index (Phi) is 6.35. The summed E-state index contributed by atoms with van der Waals surface area (Å²) < 4.78 is 33.8. The number of carbonyl (C=O) groups excluding carboxylic acids is 2. The average Bonchev–Trinajstić information content (AvgIpc) is 3.42. The van der Waals surface area contributed by atoms with E-state index < -0.39 is 24.3 Å². The summed E-state index contributed by atoms with van der Waals surface area (Å²) in [7, 11) is 0. The van der Waals surface area contributed by atoms with Crippen LogP contribution in [0.25, 0.3) is 16.9 Å². The summed E-state index contributed by atoms with van der Waals surface area (Å²) in [6.07, 6.45) is 0.247. The summed E-state index contributed by atoms with van der Waals surface area (Å²) in [6, 6.07) is 9.22. The quantitative estimate of drug-likeness (QED) is 0.408. The zero-order chi connectivity index (χ0) is 24.4. The topological polar surface area (TPSA) is 103 Å². The van der Waals surface area contributed by atoms with Crippen LogP contribution in [0.1, 0.15) is 48.1 Å². The van der Waals surface area contributed by atoms with Crippen LogP contribution in [0.5, 0.6) is 0 Å². The van der Waals surface area contributed by atoms with Gasteiger partial charge in [-0.15, -0.1) is 0 Å². The maximum Gasteiger partial charge on any atom is 0.343 e. The molecule has 0 aliphatic rings. The van der Waals surface area contributed by atoms with Crippen LogP contribution in [0, 0.1) is 6.92 Å². The number of fused-ring (bicyclic) bond motifs is 1. The van der Waals surface area contributed by atoms with Gasteiger partial charge < -0.3 is 10.1 Å². The minimum absolute atomic E-state index is 0.234. The number of amides is 1. The lowest BCUT2D eigenvalue weighted by atomic mass is 10.1. The van der Waals surface area contributed by atoms with Crippen molar-refractivity contribution in [1.82, 2.24) is 24.4 Å². The van der Waals surface area contributed by atoms with E-state index in [0.29, 0.717) is 28.3 Å². The number of ether oxygens (including phenoxy) is 1. The Morgan fingerprint density at radius 3 is 2.71 bits per heavy atom. The fraction of sp³-hybridized carbons (Fsp3) is 0.261. The van der Waals surface area contributed by atoms with Crippen molar-refractivity contribution in [2.75, 3.05) is 11.9 Å². The Morgan fingerprint density at radius 1 is 1.21 bits per heavy atom. The zero-order valence-electron chi connectivity index (χ0n) is 18.7. The van der Waals surface area contributed by atoms with Gasteiger partial charge in [0.2, 0.25) is 5.91 Å². The summed E-state index contributed by atoms with van der Waals surface area (Å²) >= 11 is 0. The van der Waals surface area contributed by atoms with E-state index in [9.17, 15) is 18.4 Å². The molecule has 1 atom stereocenters. The van der Waals surface area contributed by atoms with Gasteiger partial charge in [-0.2, -0.15) is 10.2 Å². The van der Waals surface area contributed by atoms with E-state index >= 15 is 0 Å². The molecule has 0 aliphatic heterocycles.